The molecule has 1 aliphatic carbocycles. The van der Waals surface area contributed by atoms with Gasteiger partial charge in [-0.15, -0.1) is 0 Å². The molecule has 1 saturated carbocycles. The van der Waals surface area contributed by atoms with Crippen LogP contribution in [0.2, 0.25) is 0 Å². The van der Waals surface area contributed by atoms with Gasteiger partial charge >= 0.3 is 0 Å². The van der Waals surface area contributed by atoms with Gasteiger partial charge in [-0.25, -0.2) is 0 Å². The third-order valence-corrected chi connectivity index (χ3v) is 5.14. The van der Waals surface area contributed by atoms with Crippen molar-refractivity contribution in [2.75, 3.05) is 6.61 Å². The second-order valence-electron chi connectivity index (χ2n) is 6.01. The number of carbonyl (C=O) groups is 1. The van der Waals surface area contributed by atoms with Crippen molar-refractivity contribution in [2.45, 2.75) is 45.1 Å². The fourth-order valence-electron chi connectivity index (χ4n) is 3.12. The molecule has 4 heteroatoms. The topological polar surface area (TPSA) is 49.3 Å². The number of benzene rings is 1. The van der Waals surface area contributed by atoms with Crippen molar-refractivity contribution in [1.29, 1.82) is 0 Å². The fourth-order valence-corrected chi connectivity index (χ4v) is 3.48. The first-order valence-electron chi connectivity index (χ1n) is 7.16. The molecule has 2 unspecified atom stereocenters. The maximum atomic E-state index is 12.5. The van der Waals surface area contributed by atoms with Crippen molar-refractivity contribution in [3.05, 3.63) is 33.8 Å². The third-order valence-electron chi connectivity index (χ3n) is 4.29. The lowest BCUT2D eigenvalue weighted by molar-refractivity contribution is 0.0696. The first-order chi connectivity index (χ1) is 9.47. The third kappa shape index (κ3) is 3.23. The molecule has 0 aliphatic heterocycles. The zero-order chi connectivity index (χ0) is 14.8. The van der Waals surface area contributed by atoms with Crippen LogP contribution in [-0.2, 0) is 0 Å². The molecule has 1 amide bonds. The molecule has 0 saturated heterocycles. The van der Waals surface area contributed by atoms with Gasteiger partial charge in [-0.1, -0.05) is 41.8 Å². The van der Waals surface area contributed by atoms with Gasteiger partial charge in [0, 0.05) is 10.0 Å². The van der Waals surface area contributed by atoms with E-state index in [4.69, 9.17) is 0 Å². The van der Waals surface area contributed by atoms with Crippen LogP contribution in [0.5, 0.6) is 0 Å². The summed E-state index contributed by atoms with van der Waals surface area (Å²) in [5.74, 6) is 0.451. The molecular formula is C16H22BrNO2. The van der Waals surface area contributed by atoms with E-state index in [1.165, 1.54) is 6.42 Å². The monoisotopic (exact) mass is 339 g/mol. The SMILES string of the molecule is Cc1c(Br)cccc1C(=O)NC1(CO)CCCC(C)C1. The highest BCUT2D eigenvalue weighted by Gasteiger charge is 2.36. The van der Waals surface area contributed by atoms with Crippen LogP contribution in [0, 0.1) is 12.8 Å². The summed E-state index contributed by atoms with van der Waals surface area (Å²) >= 11 is 3.45. The number of hydrogen-bond donors (Lipinski definition) is 2. The lowest BCUT2D eigenvalue weighted by atomic mass is 9.76. The van der Waals surface area contributed by atoms with E-state index in [0.717, 1.165) is 29.3 Å². The Morgan fingerprint density at radius 2 is 2.30 bits per heavy atom. The van der Waals surface area contributed by atoms with E-state index in [9.17, 15) is 9.90 Å². The summed E-state index contributed by atoms with van der Waals surface area (Å²) < 4.78 is 0.931. The van der Waals surface area contributed by atoms with Gasteiger partial charge in [-0.3, -0.25) is 4.79 Å². The number of hydrogen-bond acceptors (Lipinski definition) is 2. The molecule has 1 aliphatic rings. The van der Waals surface area contributed by atoms with Crippen molar-refractivity contribution in [3.8, 4) is 0 Å². The lowest BCUT2D eigenvalue weighted by Crippen LogP contribution is -2.54. The second-order valence-corrected chi connectivity index (χ2v) is 6.86. The van der Waals surface area contributed by atoms with Gasteiger partial charge in [0.05, 0.1) is 12.1 Å². The Bertz CT molecular complexity index is 503. The summed E-state index contributed by atoms with van der Waals surface area (Å²) in [5, 5.41) is 12.8. The minimum Gasteiger partial charge on any atom is -0.394 e. The van der Waals surface area contributed by atoms with Crippen molar-refractivity contribution >= 4 is 21.8 Å². The van der Waals surface area contributed by atoms with E-state index in [1.807, 2.05) is 25.1 Å². The number of aliphatic hydroxyl groups excluding tert-OH is 1. The van der Waals surface area contributed by atoms with Gasteiger partial charge in [0.25, 0.3) is 5.91 Å². The smallest absolute Gasteiger partial charge is 0.252 e. The molecule has 0 bridgehead atoms. The molecule has 0 spiro atoms. The summed E-state index contributed by atoms with van der Waals surface area (Å²) in [6.07, 6.45) is 3.93. The number of nitrogens with one attached hydrogen (secondary N) is 1. The lowest BCUT2D eigenvalue weighted by Gasteiger charge is -2.39. The van der Waals surface area contributed by atoms with Crippen LogP contribution >= 0.6 is 15.9 Å². The molecule has 2 rings (SSSR count). The minimum atomic E-state index is -0.455. The maximum Gasteiger partial charge on any atom is 0.252 e. The van der Waals surface area contributed by atoms with Crippen LogP contribution in [-0.4, -0.2) is 23.2 Å². The number of carbonyl (C=O) groups excluding carboxylic acids is 1. The summed E-state index contributed by atoms with van der Waals surface area (Å²) in [5.41, 5.74) is 1.15. The number of aliphatic hydroxyl groups is 1. The number of amides is 1. The predicted molar refractivity (Wildman–Crippen MR) is 83.8 cm³/mol. The van der Waals surface area contributed by atoms with E-state index < -0.39 is 5.54 Å². The highest BCUT2D eigenvalue weighted by Crippen LogP contribution is 2.32. The molecule has 1 fully saturated rings. The summed E-state index contributed by atoms with van der Waals surface area (Å²) in [7, 11) is 0. The number of rotatable bonds is 3. The van der Waals surface area contributed by atoms with E-state index in [2.05, 4.69) is 28.2 Å². The normalized spacial score (nSPS) is 26.3. The molecular weight excluding hydrogens is 318 g/mol. The van der Waals surface area contributed by atoms with Crippen LogP contribution < -0.4 is 5.32 Å². The first kappa shape index (κ1) is 15.5. The van der Waals surface area contributed by atoms with Crippen molar-refractivity contribution in [1.82, 2.24) is 5.32 Å². The quantitative estimate of drug-likeness (QED) is 0.886. The Balaban J connectivity index is 2.19. The fraction of sp³-hybridized carbons (Fsp3) is 0.562. The van der Waals surface area contributed by atoms with Crippen molar-refractivity contribution in [2.24, 2.45) is 5.92 Å². The average molecular weight is 340 g/mol. The zero-order valence-corrected chi connectivity index (χ0v) is 13.7. The Kier molecular flexibility index (Phi) is 4.86. The molecule has 20 heavy (non-hydrogen) atoms. The van der Waals surface area contributed by atoms with Crippen LogP contribution in [0.25, 0.3) is 0 Å². The Hall–Kier alpha value is -0.870. The second kappa shape index (κ2) is 6.27. The Morgan fingerprint density at radius 1 is 1.55 bits per heavy atom. The maximum absolute atomic E-state index is 12.5. The average Bonchev–Trinajstić information content (AvgIpc) is 2.41. The van der Waals surface area contributed by atoms with Crippen LogP contribution in [0.3, 0.4) is 0 Å². The van der Waals surface area contributed by atoms with Crippen LogP contribution in [0.1, 0.15) is 48.5 Å². The van der Waals surface area contributed by atoms with Crippen molar-refractivity contribution < 1.29 is 9.90 Å². The zero-order valence-electron chi connectivity index (χ0n) is 12.1. The standard InChI is InChI=1S/C16H22BrNO2/c1-11-5-4-8-16(9-11,10-19)18-15(20)13-6-3-7-14(17)12(13)2/h3,6-7,11,19H,4-5,8-10H2,1-2H3,(H,18,20). The highest BCUT2D eigenvalue weighted by molar-refractivity contribution is 9.10. The molecule has 2 atom stereocenters. The summed E-state index contributed by atoms with van der Waals surface area (Å²) in [6, 6.07) is 5.62. The molecule has 1 aromatic carbocycles. The van der Waals surface area contributed by atoms with E-state index in [1.54, 1.807) is 0 Å². The molecule has 3 nitrogen and oxygen atoms in total. The predicted octanol–water partition coefficient (Wildman–Crippen LogP) is 3.43. The van der Waals surface area contributed by atoms with Crippen LogP contribution in [0.4, 0.5) is 0 Å². The number of halogens is 1. The minimum absolute atomic E-state index is 0.0101. The molecule has 0 heterocycles. The van der Waals surface area contributed by atoms with Gasteiger partial charge < -0.3 is 10.4 Å². The summed E-state index contributed by atoms with van der Waals surface area (Å²) in [6.45, 7) is 4.12. The first-order valence-corrected chi connectivity index (χ1v) is 7.95. The molecule has 1 aromatic rings. The van der Waals surface area contributed by atoms with E-state index >= 15 is 0 Å². The Labute approximate surface area is 128 Å². The molecule has 110 valence electrons. The molecule has 2 N–H and O–H groups in total. The Morgan fingerprint density at radius 3 is 2.95 bits per heavy atom. The van der Waals surface area contributed by atoms with Crippen molar-refractivity contribution in [3.63, 3.8) is 0 Å². The van der Waals surface area contributed by atoms with Crippen LogP contribution in [0.15, 0.2) is 22.7 Å². The van der Waals surface area contributed by atoms with Gasteiger partial charge in [0.1, 0.15) is 0 Å². The molecule has 0 radical (unpaired) electrons. The van der Waals surface area contributed by atoms with Gasteiger partial charge in [-0.2, -0.15) is 0 Å². The largest absolute Gasteiger partial charge is 0.394 e. The van der Waals surface area contributed by atoms with Gasteiger partial charge in [0.2, 0.25) is 0 Å². The van der Waals surface area contributed by atoms with E-state index in [-0.39, 0.29) is 12.5 Å². The van der Waals surface area contributed by atoms with Gasteiger partial charge in [0.15, 0.2) is 0 Å². The van der Waals surface area contributed by atoms with Gasteiger partial charge in [-0.05, 0) is 43.4 Å². The molecule has 0 aromatic heterocycles. The van der Waals surface area contributed by atoms with E-state index in [0.29, 0.717) is 11.5 Å². The summed E-state index contributed by atoms with van der Waals surface area (Å²) in [4.78, 5) is 12.5. The highest BCUT2D eigenvalue weighted by atomic mass is 79.9.